The molecule has 0 fully saturated rings. The first-order valence-electron chi connectivity index (χ1n) is 6.58. The minimum atomic E-state index is -1.34. The summed E-state index contributed by atoms with van der Waals surface area (Å²) in [6.07, 6.45) is 12.9. The molecule has 1 atom stereocenters. The van der Waals surface area contributed by atoms with Crippen molar-refractivity contribution in [3.05, 3.63) is 63.6 Å². The van der Waals surface area contributed by atoms with Gasteiger partial charge in [0, 0.05) is 0 Å². The topological polar surface area (TPSA) is 0 Å². The predicted molar refractivity (Wildman–Crippen MR) is 90.9 cm³/mol. The van der Waals surface area contributed by atoms with Gasteiger partial charge in [0.2, 0.25) is 0 Å². The number of hydrogen-bond acceptors (Lipinski definition) is 0. The largest absolute Gasteiger partial charge is 0.147 e. The van der Waals surface area contributed by atoms with Crippen molar-refractivity contribution in [3.8, 4) is 0 Å². The van der Waals surface area contributed by atoms with Crippen LogP contribution in [0.4, 0.5) is 0 Å². The number of halogens is 2. The van der Waals surface area contributed by atoms with E-state index >= 15 is 0 Å². The summed E-state index contributed by atoms with van der Waals surface area (Å²) in [7, 11) is 0. The van der Waals surface area contributed by atoms with Crippen molar-refractivity contribution in [2.75, 3.05) is 0 Å². The summed E-state index contributed by atoms with van der Waals surface area (Å²) < 4.78 is 4.09. The molecule has 0 nitrogen and oxygen atoms in total. The summed E-state index contributed by atoms with van der Waals surface area (Å²) in [6.45, 7) is 4.67. The molecule has 1 aromatic carbocycles. The second kappa shape index (κ2) is 7.57. The molecule has 0 saturated heterocycles. The van der Waals surface area contributed by atoms with Crippen LogP contribution in [0.1, 0.15) is 35.6 Å². The van der Waals surface area contributed by atoms with E-state index in [1.54, 1.807) is 13.3 Å². The van der Waals surface area contributed by atoms with Crippen molar-refractivity contribution in [3.63, 3.8) is 0 Å². The van der Waals surface area contributed by atoms with E-state index in [4.69, 9.17) is 0 Å². The Hall–Kier alpha value is -0.396. The number of allylic oxidation sites excluding steroid dienone is 5. The van der Waals surface area contributed by atoms with Crippen LogP contribution in [-0.4, -0.2) is 3.81 Å². The normalized spacial score (nSPS) is 17.9. The smallest absolute Gasteiger partial charge is 0.147 e. The van der Waals surface area contributed by atoms with Crippen LogP contribution in [0.15, 0.2) is 52.4 Å². The van der Waals surface area contributed by atoms with Gasteiger partial charge in [0.05, 0.1) is 0 Å². The summed E-state index contributed by atoms with van der Waals surface area (Å²) >= 11 is -1.34. The van der Waals surface area contributed by atoms with Gasteiger partial charge in [0.25, 0.3) is 0 Å². The summed E-state index contributed by atoms with van der Waals surface area (Å²) in [6, 6.07) is 8.89. The Balaban J connectivity index is 0.000001000. The van der Waals surface area contributed by atoms with Gasteiger partial charge in [-0.15, -0.1) is 24.8 Å². The third-order valence-corrected chi connectivity index (χ3v) is 8.87. The summed E-state index contributed by atoms with van der Waals surface area (Å²) in [5, 5.41) is 0. The molecular formula is C17H20Cl2Ti. The molecule has 0 bridgehead atoms. The van der Waals surface area contributed by atoms with E-state index < -0.39 is 17.4 Å². The van der Waals surface area contributed by atoms with Gasteiger partial charge in [-0.1, -0.05) is 0 Å². The maximum atomic E-state index is 2.45. The van der Waals surface area contributed by atoms with Crippen LogP contribution in [0.3, 0.4) is 0 Å². The van der Waals surface area contributed by atoms with Crippen LogP contribution in [0.2, 0.25) is 0 Å². The van der Waals surface area contributed by atoms with E-state index in [0.717, 1.165) is 0 Å². The Labute approximate surface area is 139 Å². The molecule has 20 heavy (non-hydrogen) atoms. The number of rotatable bonds is 2. The molecule has 106 valence electrons. The van der Waals surface area contributed by atoms with Crippen molar-refractivity contribution in [2.45, 2.75) is 24.5 Å². The first-order valence-corrected chi connectivity index (χ1v) is 9.04. The number of fused-ring (bicyclic) bond motifs is 1. The van der Waals surface area contributed by atoms with Gasteiger partial charge >= 0.3 is 115 Å². The average molecular weight is 343 g/mol. The third kappa shape index (κ3) is 3.26. The fourth-order valence-electron chi connectivity index (χ4n) is 2.98. The van der Waals surface area contributed by atoms with Gasteiger partial charge in [-0.25, -0.2) is 0 Å². The van der Waals surface area contributed by atoms with Crippen LogP contribution >= 0.6 is 24.8 Å². The van der Waals surface area contributed by atoms with Crippen molar-refractivity contribution in [2.24, 2.45) is 0 Å². The Morgan fingerprint density at radius 3 is 2.55 bits per heavy atom. The molecule has 1 unspecified atom stereocenters. The van der Waals surface area contributed by atoms with Crippen molar-refractivity contribution in [1.29, 1.82) is 0 Å². The molecule has 0 heterocycles. The summed E-state index contributed by atoms with van der Waals surface area (Å²) in [5.41, 5.74) is 2.99. The molecule has 0 radical (unpaired) electrons. The van der Waals surface area contributed by atoms with E-state index in [2.05, 4.69) is 68.5 Å². The minimum Gasteiger partial charge on any atom is -0.147 e. The molecule has 1 aromatic rings. The average Bonchev–Trinajstić information content (AvgIpc) is 3.00. The molecule has 2 aliphatic rings. The minimum absolute atomic E-state index is 0. The number of hydrogen-bond donors (Lipinski definition) is 0. The molecule has 0 N–H and O–H groups in total. The Morgan fingerprint density at radius 1 is 1.15 bits per heavy atom. The second-order valence-electron chi connectivity index (χ2n) is 5.20. The van der Waals surface area contributed by atoms with Crippen LogP contribution in [0, 0.1) is 0 Å². The van der Waals surface area contributed by atoms with Gasteiger partial charge in [0.1, 0.15) is 0 Å². The van der Waals surface area contributed by atoms with E-state index in [0.29, 0.717) is 4.22 Å². The molecule has 0 aromatic heterocycles. The zero-order valence-corrected chi connectivity index (χ0v) is 15.0. The standard InChI is InChI=1S/C9H7.C5H5.C3H6.2ClH.Ti/c1-2-5-9-7-3-6-8(9)4-1;1-2-4-5-3-1;1-3-2;;;/h1-7H;1-3H,4H2;1-2H3;2*1H;. The fourth-order valence-corrected chi connectivity index (χ4v) is 7.88. The quantitative estimate of drug-likeness (QED) is 0.642. The van der Waals surface area contributed by atoms with E-state index in [1.165, 1.54) is 12.0 Å². The maximum absolute atomic E-state index is 2.45. The van der Waals surface area contributed by atoms with Gasteiger partial charge in [-0.05, 0) is 0 Å². The predicted octanol–water partition coefficient (Wildman–Crippen LogP) is 5.27. The molecule has 0 spiro atoms. The Bertz CT molecular complexity index is 605. The van der Waals surface area contributed by atoms with Crippen LogP contribution < -0.4 is 0 Å². The SMILES string of the molecule is C[C](C)=[Ti]([C]1=CC=CC1)[CH]1C=Cc2ccccc21.Cl.Cl. The number of benzene rings is 1. The molecule has 0 saturated carbocycles. The molecule has 2 aliphatic carbocycles. The molecular weight excluding hydrogens is 323 g/mol. The molecule has 0 amide bonds. The van der Waals surface area contributed by atoms with Crippen molar-refractivity contribution >= 4 is 34.7 Å². The zero-order valence-electron chi connectivity index (χ0n) is 11.8. The van der Waals surface area contributed by atoms with Gasteiger partial charge < -0.3 is 0 Å². The first kappa shape index (κ1) is 17.7. The van der Waals surface area contributed by atoms with Crippen molar-refractivity contribution < 1.29 is 17.4 Å². The van der Waals surface area contributed by atoms with Gasteiger partial charge in [0.15, 0.2) is 0 Å². The van der Waals surface area contributed by atoms with Gasteiger partial charge in [-0.2, -0.15) is 0 Å². The van der Waals surface area contributed by atoms with Crippen LogP contribution in [0.25, 0.3) is 6.08 Å². The maximum Gasteiger partial charge on any atom is -0.147 e. The van der Waals surface area contributed by atoms with Gasteiger partial charge in [-0.3, -0.25) is 0 Å². The van der Waals surface area contributed by atoms with Crippen LogP contribution in [0.5, 0.6) is 0 Å². The molecule has 3 rings (SSSR count). The van der Waals surface area contributed by atoms with Crippen LogP contribution in [-0.2, 0) is 17.4 Å². The first-order chi connectivity index (χ1) is 8.77. The summed E-state index contributed by atoms with van der Waals surface area (Å²) in [4.78, 5) is 0. The van der Waals surface area contributed by atoms with E-state index in [-0.39, 0.29) is 24.8 Å². The second-order valence-corrected chi connectivity index (χ2v) is 10.0. The monoisotopic (exact) mass is 342 g/mol. The molecule has 3 heteroatoms. The Kier molecular flexibility index (Phi) is 6.68. The molecule has 0 aliphatic heterocycles. The van der Waals surface area contributed by atoms with Crippen molar-refractivity contribution in [1.82, 2.24) is 0 Å². The fraction of sp³-hybridized carbons (Fsp3) is 0.235. The zero-order chi connectivity index (χ0) is 12.5. The Morgan fingerprint density at radius 2 is 1.90 bits per heavy atom. The van der Waals surface area contributed by atoms with E-state index in [9.17, 15) is 0 Å². The third-order valence-electron chi connectivity index (χ3n) is 3.77. The van der Waals surface area contributed by atoms with E-state index in [1.807, 2.05) is 0 Å². The summed E-state index contributed by atoms with van der Waals surface area (Å²) in [5.74, 6) is 0.